The summed E-state index contributed by atoms with van der Waals surface area (Å²) in [5.41, 5.74) is 1.87. The van der Waals surface area contributed by atoms with Gasteiger partial charge in [0.2, 0.25) is 9.84 Å². The van der Waals surface area contributed by atoms with Gasteiger partial charge >= 0.3 is 0 Å². The van der Waals surface area contributed by atoms with Gasteiger partial charge < -0.3 is 4.74 Å². The Balaban J connectivity index is 1.63. The standard InChI is InChI=1S/C16H15NO3S/c18-21(19)12-8-14-15(4-1-5-16(14)21)20-11-2-3-13-6-9-17-10-7-13/h1,4-10,12H,2-3,11H2. The minimum absolute atomic E-state index is 0.328. The molecule has 4 nitrogen and oxygen atoms in total. The molecule has 0 atom stereocenters. The van der Waals surface area contributed by atoms with Crippen molar-refractivity contribution >= 4 is 15.9 Å². The molecule has 3 rings (SSSR count). The van der Waals surface area contributed by atoms with Crippen LogP contribution in [0.4, 0.5) is 0 Å². The van der Waals surface area contributed by atoms with E-state index in [2.05, 4.69) is 4.98 Å². The van der Waals surface area contributed by atoms with Crippen LogP contribution < -0.4 is 4.74 Å². The first-order chi connectivity index (χ1) is 10.2. The van der Waals surface area contributed by atoms with Gasteiger partial charge in [-0.05, 0) is 48.7 Å². The molecule has 0 N–H and O–H groups in total. The van der Waals surface area contributed by atoms with Crippen molar-refractivity contribution < 1.29 is 13.2 Å². The Morgan fingerprint density at radius 3 is 2.71 bits per heavy atom. The Morgan fingerprint density at radius 1 is 1.10 bits per heavy atom. The van der Waals surface area contributed by atoms with Gasteiger partial charge in [0.1, 0.15) is 5.75 Å². The van der Waals surface area contributed by atoms with Crippen LogP contribution in [0.5, 0.6) is 5.75 Å². The molecule has 0 radical (unpaired) electrons. The fourth-order valence-electron chi connectivity index (χ4n) is 2.30. The first-order valence-corrected chi connectivity index (χ1v) is 8.29. The van der Waals surface area contributed by atoms with Crippen molar-refractivity contribution in [1.29, 1.82) is 0 Å². The lowest BCUT2D eigenvalue weighted by Gasteiger charge is -2.09. The molecule has 0 saturated heterocycles. The molecule has 2 heterocycles. The second-order valence-corrected chi connectivity index (χ2v) is 6.63. The van der Waals surface area contributed by atoms with Gasteiger partial charge in [-0.15, -0.1) is 0 Å². The third kappa shape index (κ3) is 2.97. The first-order valence-electron chi connectivity index (χ1n) is 6.75. The molecule has 0 spiro atoms. The molecule has 0 aliphatic carbocycles. The number of benzene rings is 1. The Morgan fingerprint density at radius 2 is 1.90 bits per heavy atom. The van der Waals surface area contributed by atoms with Crippen LogP contribution in [-0.2, 0) is 16.3 Å². The summed E-state index contributed by atoms with van der Waals surface area (Å²) in [5.74, 6) is 0.625. The summed E-state index contributed by atoms with van der Waals surface area (Å²) in [4.78, 5) is 4.31. The summed E-state index contributed by atoms with van der Waals surface area (Å²) in [7, 11) is -3.27. The molecule has 0 amide bonds. The largest absolute Gasteiger partial charge is 0.493 e. The lowest BCUT2D eigenvalue weighted by molar-refractivity contribution is 0.309. The Labute approximate surface area is 124 Å². The Bertz CT molecular complexity index is 767. The lowest BCUT2D eigenvalue weighted by atomic mass is 10.1. The smallest absolute Gasteiger partial charge is 0.200 e. The highest BCUT2D eigenvalue weighted by Crippen LogP contribution is 2.33. The monoisotopic (exact) mass is 301 g/mol. The second kappa shape index (κ2) is 5.69. The van der Waals surface area contributed by atoms with Crippen LogP contribution in [0.15, 0.2) is 53.0 Å². The van der Waals surface area contributed by atoms with Crippen molar-refractivity contribution in [3.63, 3.8) is 0 Å². The van der Waals surface area contributed by atoms with E-state index in [1.807, 2.05) is 12.1 Å². The van der Waals surface area contributed by atoms with Crippen LogP contribution in [0.1, 0.15) is 17.5 Å². The van der Waals surface area contributed by atoms with E-state index in [1.54, 1.807) is 36.7 Å². The molecule has 1 aromatic heterocycles. The van der Waals surface area contributed by atoms with E-state index in [4.69, 9.17) is 4.74 Å². The molecule has 0 saturated carbocycles. The molecular weight excluding hydrogens is 286 g/mol. The number of aryl methyl sites for hydroxylation is 1. The number of aromatic nitrogens is 1. The zero-order valence-corrected chi connectivity index (χ0v) is 12.2. The maximum atomic E-state index is 11.8. The predicted molar refractivity (Wildman–Crippen MR) is 80.7 cm³/mol. The number of hydrogen-bond donors (Lipinski definition) is 0. The summed E-state index contributed by atoms with van der Waals surface area (Å²) in [5, 5.41) is 1.22. The highest BCUT2D eigenvalue weighted by Gasteiger charge is 2.23. The molecule has 0 unspecified atom stereocenters. The van der Waals surface area contributed by atoms with Crippen molar-refractivity contribution in [2.45, 2.75) is 17.7 Å². The maximum absolute atomic E-state index is 11.8. The van der Waals surface area contributed by atoms with E-state index in [9.17, 15) is 8.42 Å². The number of sulfone groups is 1. The normalized spacial score (nSPS) is 14.9. The maximum Gasteiger partial charge on any atom is 0.200 e. The third-order valence-electron chi connectivity index (χ3n) is 3.36. The number of pyridine rings is 1. The Kier molecular flexibility index (Phi) is 3.75. The highest BCUT2D eigenvalue weighted by atomic mass is 32.2. The average Bonchev–Trinajstić information content (AvgIpc) is 2.81. The SMILES string of the molecule is O=S1(=O)C=Cc2c(OCCCc3ccncc3)cccc21. The van der Waals surface area contributed by atoms with Crippen LogP contribution in [-0.4, -0.2) is 20.0 Å². The van der Waals surface area contributed by atoms with Gasteiger partial charge in [0, 0.05) is 23.4 Å². The molecular formula is C16H15NO3S. The predicted octanol–water partition coefficient (Wildman–Crippen LogP) is 2.85. The molecule has 2 aromatic rings. The van der Waals surface area contributed by atoms with Crippen LogP contribution in [0.2, 0.25) is 0 Å². The number of fused-ring (bicyclic) bond motifs is 1. The fourth-order valence-corrected chi connectivity index (χ4v) is 3.51. The zero-order valence-electron chi connectivity index (χ0n) is 11.4. The second-order valence-electron chi connectivity index (χ2n) is 4.82. The van der Waals surface area contributed by atoms with Gasteiger partial charge in [-0.25, -0.2) is 8.42 Å². The number of hydrogen-bond acceptors (Lipinski definition) is 4. The van der Waals surface area contributed by atoms with Crippen LogP contribution in [0.25, 0.3) is 6.08 Å². The molecule has 1 aliphatic heterocycles. The van der Waals surface area contributed by atoms with Crippen LogP contribution >= 0.6 is 0 Å². The summed E-state index contributed by atoms with van der Waals surface area (Å²) >= 11 is 0. The quantitative estimate of drug-likeness (QED) is 0.797. The molecule has 0 bridgehead atoms. The molecule has 1 aromatic carbocycles. The van der Waals surface area contributed by atoms with Crippen molar-refractivity contribution in [3.05, 3.63) is 59.3 Å². The molecule has 5 heteroatoms. The van der Waals surface area contributed by atoms with E-state index >= 15 is 0 Å². The Hall–Kier alpha value is -2.14. The third-order valence-corrected chi connectivity index (χ3v) is 4.83. The van der Waals surface area contributed by atoms with E-state index < -0.39 is 9.84 Å². The number of nitrogens with zero attached hydrogens (tertiary/aromatic N) is 1. The van der Waals surface area contributed by atoms with Gasteiger partial charge in [-0.2, -0.15) is 0 Å². The topological polar surface area (TPSA) is 56.3 Å². The summed E-state index contributed by atoms with van der Waals surface area (Å²) in [6.07, 6.45) is 6.92. The zero-order chi connectivity index (χ0) is 14.7. The molecule has 21 heavy (non-hydrogen) atoms. The summed E-state index contributed by atoms with van der Waals surface area (Å²) < 4.78 is 29.3. The minimum atomic E-state index is -3.27. The average molecular weight is 301 g/mol. The van der Waals surface area contributed by atoms with E-state index in [0.717, 1.165) is 12.8 Å². The van der Waals surface area contributed by atoms with Gasteiger partial charge in [0.05, 0.1) is 11.5 Å². The van der Waals surface area contributed by atoms with E-state index in [0.29, 0.717) is 22.8 Å². The van der Waals surface area contributed by atoms with Crippen LogP contribution in [0.3, 0.4) is 0 Å². The highest BCUT2D eigenvalue weighted by molar-refractivity contribution is 7.94. The van der Waals surface area contributed by atoms with Crippen molar-refractivity contribution in [2.75, 3.05) is 6.61 Å². The first kappa shape index (κ1) is 13.8. The van der Waals surface area contributed by atoms with Gasteiger partial charge in [-0.3, -0.25) is 4.98 Å². The van der Waals surface area contributed by atoms with Gasteiger partial charge in [-0.1, -0.05) is 6.07 Å². The van der Waals surface area contributed by atoms with Crippen LogP contribution in [0, 0.1) is 0 Å². The van der Waals surface area contributed by atoms with Gasteiger partial charge in [0.25, 0.3) is 0 Å². The van der Waals surface area contributed by atoms with E-state index in [1.165, 1.54) is 11.0 Å². The fraction of sp³-hybridized carbons (Fsp3) is 0.188. The van der Waals surface area contributed by atoms with Crippen molar-refractivity contribution in [3.8, 4) is 5.75 Å². The summed E-state index contributed by atoms with van der Waals surface area (Å²) in [6, 6.07) is 9.08. The lowest BCUT2D eigenvalue weighted by Crippen LogP contribution is -2.02. The molecule has 1 aliphatic rings. The number of rotatable bonds is 5. The molecule has 0 fully saturated rings. The molecule has 108 valence electrons. The van der Waals surface area contributed by atoms with Gasteiger partial charge in [0.15, 0.2) is 0 Å². The van der Waals surface area contributed by atoms with E-state index in [-0.39, 0.29) is 0 Å². The number of ether oxygens (including phenoxy) is 1. The summed E-state index contributed by atoms with van der Waals surface area (Å²) in [6.45, 7) is 0.548. The van der Waals surface area contributed by atoms with Crippen molar-refractivity contribution in [1.82, 2.24) is 4.98 Å². The minimum Gasteiger partial charge on any atom is -0.493 e. The van der Waals surface area contributed by atoms with Crippen molar-refractivity contribution in [2.24, 2.45) is 0 Å².